The van der Waals surface area contributed by atoms with Crippen LogP contribution in [0.15, 0.2) is 24.3 Å². The van der Waals surface area contributed by atoms with Gasteiger partial charge in [-0.3, -0.25) is 4.57 Å². The molecule has 5 nitrogen and oxygen atoms in total. The molecule has 26 heavy (non-hydrogen) atoms. The number of esters is 1. The quantitative estimate of drug-likeness (QED) is 0.215. The molecule has 1 rings (SSSR count). The van der Waals surface area contributed by atoms with Crippen LogP contribution >= 0.6 is 19.2 Å². The summed E-state index contributed by atoms with van der Waals surface area (Å²) in [5.41, 5.74) is 0.352. The van der Waals surface area contributed by atoms with E-state index >= 15 is 0 Å². The smallest absolute Gasteiger partial charge is 0.370 e. The van der Waals surface area contributed by atoms with E-state index in [0.717, 1.165) is 32.1 Å². The summed E-state index contributed by atoms with van der Waals surface area (Å²) >= 11 is 5.85. The monoisotopic (exact) mass is 404 g/mol. The van der Waals surface area contributed by atoms with Crippen LogP contribution in [-0.2, 0) is 18.3 Å². The second-order valence-corrected chi connectivity index (χ2v) is 8.55. The predicted molar refractivity (Wildman–Crippen MR) is 105 cm³/mol. The zero-order valence-corrected chi connectivity index (χ0v) is 17.6. The number of unbranched alkanes of at least 4 members (excludes halogenated alkanes) is 4. The van der Waals surface area contributed by atoms with Crippen molar-refractivity contribution in [1.29, 1.82) is 0 Å². The van der Waals surface area contributed by atoms with Crippen molar-refractivity contribution in [3.63, 3.8) is 0 Å². The lowest BCUT2D eigenvalue weighted by Gasteiger charge is -2.26. The van der Waals surface area contributed by atoms with Crippen LogP contribution in [0.4, 0.5) is 0 Å². The Kier molecular flexibility index (Phi) is 11.1. The lowest BCUT2D eigenvalue weighted by molar-refractivity contribution is 0.0348. The molecule has 0 fully saturated rings. The van der Waals surface area contributed by atoms with E-state index in [2.05, 4.69) is 6.92 Å². The number of rotatable bonds is 13. The van der Waals surface area contributed by atoms with E-state index in [0.29, 0.717) is 17.0 Å². The van der Waals surface area contributed by atoms with Gasteiger partial charge in [-0.2, -0.15) is 0 Å². The lowest BCUT2D eigenvalue weighted by Crippen LogP contribution is -2.21. The predicted octanol–water partition coefficient (Wildman–Crippen LogP) is 6.45. The highest BCUT2D eigenvalue weighted by Gasteiger charge is 2.38. The maximum Gasteiger partial charge on any atom is 0.370 e. The minimum atomic E-state index is -3.54. The number of halogens is 1. The molecule has 0 bridgehead atoms. The van der Waals surface area contributed by atoms with Crippen molar-refractivity contribution in [2.45, 2.75) is 65.1 Å². The Morgan fingerprint density at radius 3 is 2.12 bits per heavy atom. The number of hydrogen-bond donors (Lipinski definition) is 0. The fraction of sp³-hybridized carbons (Fsp3) is 0.632. The van der Waals surface area contributed by atoms with Gasteiger partial charge in [-0.25, -0.2) is 4.79 Å². The van der Waals surface area contributed by atoms with E-state index in [1.54, 1.807) is 38.1 Å². The van der Waals surface area contributed by atoms with Crippen LogP contribution in [0, 0.1) is 0 Å². The Balaban J connectivity index is 2.85. The number of ether oxygens (including phenoxy) is 1. The standard InChI is InChI=1S/C19H30ClO5P/c1-4-7-8-9-10-11-18(26(22,23-5-2)24-6-3)25-19(21)16-12-14-17(20)15-13-16/h12-15,18H,4-11H2,1-3H3. The molecule has 0 aromatic heterocycles. The number of carbonyl (C=O) groups is 1. The van der Waals surface area contributed by atoms with Crippen LogP contribution < -0.4 is 0 Å². The Morgan fingerprint density at radius 2 is 1.58 bits per heavy atom. The molecule has 0 saturated carbocycles. The summed E-state index contributed by atoms with van der Waals surface area (Å²) in [5, 5.41) is 0.531. The number of carbonyl (C=O) groups excluding carboxylic acids is 1. The first-order valence-corrected chi connectivity index (χ1v) is 11.3. The van der Waals surface area contributed by atoms with E-state index in [-0.39, 0.29) is 13.2 Å². The Morgan fingerprint density at radius 1 is 1.00 bits per heavy atom. The first kappa shape index (κ1) is 23.2. The van der Waals surface area contributed by atoms with Crippen molar-refractivity contribution < 1.29 is 23.1 Å². The maximum absolute atomic E-state index is 13.1. The molecule has 1 aromatic carbocycles. The molecule has 0 spiro atoms. The molecule has 1 unspecified atom stereocenters. The molecule has 7 heteroatoms. The van der Waals surface area contributed by atoms with Crippen molar-refractivity contribution in [2.24, 2.45) is 0 Å². The van der Waals surface area contributed by atoms with Gasteiger partial charge in [-0.1, -0.05) is 44.2 Å². The highest BCUT2D eigenvalue weighted by molar-refractivity contribution is 7.54. The van der Waals surface area contributed by atoms with Crippen LogP contribution in [-0.4, -0.2) is 25.0 Å². The van der Waals surface area contributed by atoms with Gasteiger partial charge in [0.2, 0.25) is 5.85 Å². The van der Waals surface area contributed by atoms with Crippen molar-refractivity contribution in [1.82, 2.24) is 0 Å². The fourth-order valence-electron chi connectivity index (χ4n) is 2.55. The second-order valence-electron chi connectivity index (χ2n) is 5.95. The third-order valence-electron chi connectivity index (χ3n) is 3.85. The lowest BCUT2D eigenvalue weighted by atomic mass is 10.1. The summed E-state index contributed by atoms with van der Waals surface area (Å²) in [5.74, 6) is -1.47. The molecule has 0 radical (unpaired) electrons. The largest absolute Gasteiger partial charge is 0.446 e. The number of hydrogen-bond acceptors (Lipinski definition) is 5. The van der Waals surface area contributed by atoms with Crippen LogP contribution in [0.2, 0.25) is 5.02 Å². The van der Waals surface area contributed by atoms with Gasteiger partial charge in [0, 0.05) is 5.02 Å². The first-order chi connectivity index (χ1) is 12.5. The van der Waals surface area contributed by atoms with Crippen LogP contribution in [0.1, 0.15) is 69.7 Å². The number of benzene rings is 1. The highest BCUT2D eigenvalue weighted by atomic mass is 35.5. The molecule has 0 amide bonds. The molecular weight excluding hydrogens is 375 g/mol. The first-order valence-electron chi connectivity index (χ1n) is 9.32. The third-order valence-corrected chi connectivity index (χ3v) is 6.41. The molecule has 1 aromatic rings. The van der Waals surface area contributed by atoms with Gasteiger partial charge in [-0.15, -0.1) is 0 Å². The van der Waals surface area contributed by atoms with E-state index in [1.165, 1.54) is 0 Å². The minimum Gasteiger partial charge on any atom is -0.446 e. The van der Waals surface area contributed by atoms with Gasteiger partial charge >= 0.3 is 13.6 Å². The summed E-state index contributed by atoms with van der Waals surface area (Å²) in [7, 11) is -3.54. The van der Waals surface area contributed by atoms with Crippen LogP contribution in [0.3, 0.4) is 0 Å². The van der Waals surface area contributed by atoms with E-state index < -0.39 is 19.4 Å². The average Bonchev–Trinajstić information content (AvgIpc) is 2.61. The Hall–Kier alpha value is -0.870. The minimum absolute atomic E-state index is 0.224. The normalized spacial score (nSPS) is 12.8. The SMILES string of the molecule is CCCCCCCC(OC(=O)c1ccc(Cl)cc1)P(=O)(OCC)OCC. The molecule has 0 aliphatic heterocycles. The zero-order valence-electron chi connectivity index (χ0n) is 15.9. The van der Waals surface area contributed by atoms with Crippen molar-refractivity contribution in [3.05, 3.63) is 34.9 Å². The summed E-state index contributed by atoms with van der Waals surface area (Å²) in [6.07, 6.45) is 5.63. The molecule has 0 saturated heterocycles. The Labute approximate surface area is 161 Å². The molecule has 0 heterocycles. The van der Waals surface area contributed by atoms with Crippen LogP contribution in [0.25, 0.3) is 0 Å². The molecule has 148 valence electrons. The molecule has 0 aliphatic rings. The molecular formula is C19H30ClO5P. The zero-order chi connectivity index (χ0) is 19.4. The van der Waals surface area contributed by atoms with Gasteiger partial charge in [0.25, 0.3) is 0 Å². The summed E-state index contributed by atoms with van der Waals surface area (Å²) < 4.78 is 29.5. The van der Waals surface area contributed by atoms with Crippen molar-refractivity contribution >= 4 is 25.2 Å². The highest BCUT2D eigenvalue weighted by Crippen LogP contribution is 2.55. The van der Waals surface area contributed by atoms with Gasteiger partial charge in [0.1, 0.15) is 0 Å². The van der Waals surface area contributed by atoms with Gasteiger partial charge in [0.05, 0.1) is 18.8 Å². The van der Waals surface area contributed by atoms with Crippen LogP contribution in [0.5, 0.6) is 0 Å². The summed E-state index contributed by atoms with van der Waals surface area (Å²) in [4.78, 5) is 12.5. The maximum atomic E-state index is 13.1. The van der Waals surface area contributed by atoms with E-state index in [1.807, 2.05) is 0 Å². The topological polar surface area (TPSA) is 61.8 Å². The van der Waals surface area contributed by atoms with Gasteiger partial charge in [0.15, 0.2) is 0 Å². The van der Waals surface area contributed by atoms with E-state index in [9.17, 15) is 9.36 Å². The molecule has 1 atom stereocenters. The fourth-order valence-corrected chi connectivity index (χ4v) is 4.52. The average molecular weight is 405 g/mol. The summed E-state index contributed by atoms with van der Waals surface area (Å²) in [6.45, 7) is 6.08. The summed E-state index contributed by atoms with van der Waals surface area (Å²) in [6, 6.07) is 6.38. The van der Waals surface area contributed by atoms with E-state index in [4.69, 9.17) is 25.4 Å². The second kappa shape index (κ2) is 12.5. The van der Waals surface area contributed by atoms with Gasteiger partial charge < -0.3 is 13.8 Å². The van der Waals surface area contributed by atoms with Gasteiger partial charge in [-0.05, 0) is 51.0 Å². The van der Waals surface area contributed by atoms with Crippen molar-refractivity contribution in [2.75, 3.05) is 13.2 Å². The molecule has 0 N–H and O–H groups in total. The Bertz CT molecular complexity index is 566. The third kappa shape index (κ3) is 7.79. The van der Waals surface area contributed by atoms with Crippen molar-refractivity contribution in [3.8, 4) is 0 Å². The molecule has 0 aliphatic carbocycles.